The molecule has 0 radical (unpaired) electrons. The molecule has 2 amide bonds. The van der Waals surface area contributed by atoms with E-state index in [9.17, 15) is 9.59 Å². The number of carbonyl (C=O) groups excluding carboxylic acids is 2. The zero-order chi connectivity index (χ0) is 19.1. The third-order valence-corrected chi connectivity index (χ3v) is 5.35. The summed E-state index contributed by atoms with van der Waals surface area (Å²) in [7, 11) is 0. The summed E-state index contributed by atoms with van der Waals surface area (Å²) in [4.78, 5) is 24.9. The van der Waals surface area contributed by atoms with Crippen molar-refractivity contribution in [1.29, 1.82) is 0 Å². The van der Waals surface area contributed by atoms with Crippen LogP contribution in [0.4, 0.5) is 4.79 Å². The van der Waals surface area contributed by atoms with E-state index in [1.165, 1.54) is 0 Å². The molecule has 1 fully saturated rings. The van der Waals surface area contributed by atoms with Gasteiger partial charge in [-0.2, -0.15) is 0 Å². The largest absolute Gasteiger partial charge is 0.457 e. The van der Waals surface area contributed by atoms with Gasteiger partial charge in [-0.25, -0.2) is 0 Å². The van der Waals surface area contributed by atoms with Crippen molar-refractivity contribution < 1.29 is 14.3 Å². The molecule has 1 heterocycles. The van der Waals surface area contributed by atoms with Crippen LogP contribution in [-0.4, -0.2) is 28.3 Å². The molecule has 2 aromatic rings. The van der Waals surface area contributed by atoms with Crippen molar-refractivity contribution in [1.82, 2.24) is 4.90 Å². The van der Waals surface area contributed by atoms with Crippen LogP contribution in [0, 0.1) is 5.92 Å². The van der Waals surface area contributed by atoms with Gasteiger partial charge in [0.15, 0.2) is 0 Å². The van der Waals surface area contributed by atoms with Crippen LogP contribution in [0.15, 0.2) is 54.6 Å². The number of hydrogen-bond donors (Lipinski definition) is 1. The zero-order valence-electron chi connectivity index (χ0n) is 15.2. The molecule has 5 nitrogen and oxygen atoms in total. The highest BCUT2D eigenvalue weighted by atomic mass is 32.2. The Labute approximate surface area is 163 Å². The number of amides is 2. The van der Waals surface area contributed by atoms with Crippen LogP contribution >= 0.6 is 11.8 Å². The molecule has 27 heavy (non-hydrogen) atoms. The minimum atomic E-state index is -0.334. The Bertz CT molecular complexity index is 765. The molecule has 1 saturated heterocycles. The van der Waals surface area contributed by atoms with Crippen molar-refractivity contribution in [2.24, 2.45) is 11.7 Å². The van der Waals surface area contributed by atoms with Gasteiger partial charge >= 0.3 is 0 Å². The third-order valence-electron chi connectivity index (χ3n) is 4.57. The number of carbonyl (C=O) groups is 2. The van der Waals surface area contributed by atoms with E-state index in [0.717, 1.165) is 54.0 Å². The van der Waals surface area contributed by atoms with Gasteiger partial charge in [0.05, 0.1) is 0 Å². The lowest BCUT2D eigenvalue weighted by Gasteiger charge is -2.17. The van der Waals surface area contributed by atoms with Crippen LogP contribution in [0.3, 0.4) is 0 Å². The van der Waals surface area contributed by atoms with Crippen LogP contribution in [-0.2, 0) is 11.3 Å². The first-order valence-electron chi connectivity index (χ1n) is 9.12. The molecule has 3 rings (SSSR count). The molecule has 0 aliphatic carbocycles. The van der Waals surface area contributed by atoms with Crippen LogP contribution in [0.25, 0.3) is 0 Å². The average molecular weight is 385 g/mol. The SMILES string of the molecule is NC(=O)SCCCC1CC(=O)N(Cc2ccc(Oc3ccccc3)cc2)C1. The lowest BCUT2D eigenvalue weighted by Crippen LogP contribution is -2.24. The van der Waals surface area contributed by atoms with Gasteiger partial charge in [-0.3, -0.25) is 9.59 Å². The molecule has 1 unspecified atom stereocenters. The number of hydrogen-bond acceptors (Lipinski definition) is 4. The monoisotopic (exact) mass is 384 g/mol. The number of thioether (sulfide) groups is 1. The summed E-state index contributed by atoms with van der Waals surface area (Å²) in [5, 5.41) is -0.334. The van der Waals surface area contributed by atoms with Crippen molar-refractivity contribution >= 4 is 22.9 Å². The number of nitrogens with zero attached hydrogens (tertiary/aromatic N) is 1. The number of benzene rings is 2. The van der Waals surface area contributed by atoms with E-state index in [1.807, 2.05) is 59.5 Å². The highest BCUT2D eigenvalue weighted by Crippen LogP contribution is 2.26. The summed E-state index contributed by atoms with van der Waals surface area (Å²) in [6.07, 6.45) is 2.45. The summed E-state index contributed by atoms with van der Waals surface area (Å²) in [5.41, 5.74) is 6.21. The summed E-state index contributed by atoms with van der Waals surface area (Å²) in [6.45, 7) is 1.40. The first-order valence-corrected chi connectivity index (χ1v) is 10.1. The van der Waals surface area contributed by atoms with E-state index < -0.39 is 0 Å². The molecule has 142 valence electrons. The van der Waals surface area contributed by atoms with E-state index >= 15 is 0 Å². The van der Waals surface area contributed by atoms with E-state index in [2.05, 4.69) is 0 Å². The van der Waals surface area contributed by atoms with Crippen LogP contribution in [0.5, 0.6) is 11.5 Å². The average Bonchev–Trinajstić information content (AvgIpc) is 3.00. The van der Waals surface area contributed by atoms with Gasteiger partial charge in [0.25, 0.3) is 5.24 Å². The van der Waals surface area contributed by atoms with Crippen molar-refractivity contribution in [3.63, 3.8) is 0 Å². The van der Waals surface area contributed by atoms with E-state index in [0.29, 0.717) is 18.9 Å². The normalized spacial score (nSPS) is 16.5. The van der Waals surface area contributed by atoms with Gasteiger partial charge in [0.2, 0.25) is 5.91 Å². The summed E-state index contributed by atoms with van der Waals surface area (Å²) in [5.74, 6) is 2.88. The topological polar surface area (TPSA) is 72.6 Å². The van der Waals surface area contributed by atoms with Gasteiger partial charge < -0.3 is 15.4 Å². The Kier molecular flexibility index (Phi) is 6.76. The molecular weight excluding hydrogens is 360 g/mol. The minimum absolute atomic E-state index is 0.201. The Morgan fingerprint density at radius 1 is 1.11 bits per heavy atom. The zero-order valence-corrected chi connectivity index (χ0v) is 16.0. The lowest BCUT2D eigenvalue weighted by atomic mass is 10.0. The predicted molar refractivity (Wildman–Crippen MR) is 108 cm³/mol. The number of primary amides is 1. The predicted octanol–water partition coefficient (Wildman–Crippen LogP) is 4.42. The van der Waals surface area contributed by atoms with Gasteiger partial charge in [-0.1, -0.05) is 42.1 Å². The molecule has 0 aromatic heterocycles. The molecule has 2 aromatic carbocycles. The second kappa shape index (κ2) is 9.46. The number of nitrogens with two attached hydrogens (primary N) is 1. The Morgan fingerprint density at radius 3 is 2.52 bits per heavy atom. The maximum absolute atomic E-state index is 12.3. The summed E-state index contributed by atoms with van der Waals surface area (Å²) < 4.78 is 5.80. The first kappa shape index (κ1) is 19.3. The van der Waals surface area contributed by atoms with Gasteiger partial charge in [0.1, 0.15) is 11.5 Å². The van der Waals surface area contributed by atoms with Crippen molar-refractivity contribution in [2.75, 3.05) is 12.3 Å². The molecular formula is C21H24N2O3S. The van der Waals surface area contributed by atoms with Crippen LogP contribution < -0.4 is 10.5 Å². The highest BCUT2D eigenvalue weighted by molar-refractivity contribution is 8.13. The number of likely N-dealkylation sites (tertiary alicyclic amines) is 1. The smallest absolute Gasteiger partial charge is 0.276 e. The van der Waals surface area contributed by atoms with Gasteiger partial charge in [-0.15, -0.1) is 0 Å². The molecule has 1 aliphatic rings. The standard InChI is InChI=1S/C21H24N2O3S/c22-21(25)27-12-4-5-17-13-20(24)23(15-17)14-16-8-10-19(11-9-16)26-18-6-2-1-3-7-18/h1-3,6-11,17H,4-5,12-15H2,(H2,22,25). The fraction of sp³-hybridized carbons (Fsp3) is 0.333. The lowest BCUT2D eigenvalue weighted by molar-refractivity contribution is -0.128. The molecule has 0 bridgehead atoms. The minimum Gasteiger partial charge on any atom is -0.457 e. The van der Waals surface area contributed by atoms with Crippen molar-refractivity contribution in [3.8, 4) is 11.5 Å². The molecule has 0 saturated carbocycles. The second-order valence-corrected chi connectivity index (χ2v) is 7.81. The Morgan fingerprint density at radius 2 is 1.81 bits per heavy atom. The van der Waals surface area contributed by atoms with E-state index in [1.54, 1.807) is 0 Å². The quantitative estimate of drug-likeness (QED) is 0.684. The number of ether oxygens (including phenoxy) is 1. The Hall–Kier alpha value is -2.47. The molecule has 1 aliphatic heterocycles. The first-order chi connectivity index (χ1) is 13.1. The van der Waals surface area contributed by atoms with Gasteiger partial charge in [-0.05, 0) is 48.6 Å². The molecule has 2 N–H and O–H groups in total. The Balaban J connectivity index is 1.47. The number of rotatable bonds is 8. The van der Waals surface area contributed by atoms with E-state index in [-0.39, 0.29) is 11.1 Å². The van der Waals surface area contributed by atoms with Crippen LogP contribution in [0.2, 0.25) is 0 Å². The highest BCUT2D eigenvalue weighted by Gasteiger charge is 2.28. The summed E-state index contributed by atoms with van der Waals surface area (Å²) >= 11 is 1.15. The maximum Gasteiger partial charge on any atom is 0.276 e. The number of para-hydroxylation sites is 1. The maximum atomic E-state index is 12.3. The third kappa shape index (κ3) is 6.03. The molecule has 1 atom stereocenters. The second-order valence-electron chi connectivity index (χ2n) is 6.71. The van der Waals surface area contributed by atoms with Crippen molar-refractivity contribution in [3.05, 3.63) is 60.2 Å². The van der Waals surface area contributed by atoms with Crippen molar-refractivity contribution in [2.45, 2.75) is 25.8 Å². The fourth-order valence-corrected chi connectivity index (χ4v) is 3.77. The van der Waals surface area contributed by atoms with E-state index in [4.69, 9.17) is 10.5 Å². The van der Waals surface area contributed by atoms with Gasteiger partial charge in [0, 0.05) is 25.3 Å². The van der Waals surface area contributed by atoms with Crippen LogP contribution in [0.1, 0.15) is 24.8 Å². The summed E-state index contributed by atoms with van der Waals surface area (Å²) in [6, 6.07) is 17.5. The fourth-order valence-electron chi connectivity index (χ4n) is 3.25. The molecule has 0 spiro atoms. The molecule has 6 heteroatoms.